The normalized spacial score (nSPS) is 10.8. The van der Waals surface area contributed by atoms with E-state index in [2.05, 4.69) is 15.8 Å². The quantitative estimate of drug-likeness (QED) is 0.333. The van der Waals surface area contributed by atoms with Crippen LogP contribution in [0.25, 0.3) is 0 Å². The summed E-state index contributed by atoms with van der Waals surface area (Å²) in [6.07, 6.45) is 1.38. The van der Waals surface area contributed by atoms with Crippen LogP contribution in [0.3, 0.4) is 0 Å². The van der Waals surface area contributed by atoms with E-state index in [0.717, 1.165) is 0 Å². The second-order valence-electron chi connectivity index (χ2n) is 6.33. The molecule has 0 fully saturated rings. The van der Waals surface area contributed by atoms with Crippen molar-refractivity contribution in [3.63, 3.8) is 0 Å². The summed E-state index contributed by atoms with van der Waals surface area (Å²) in [4.78, 5) is 24.0. The van der Waals surface area contributed by atoms with Crippen LogP contribution in [0.2, 0.25) is 15.1 Å². The fourth-order valence-electron chi connectivity index (χ4n) is 2.47. The molecule has 2 amide bonds. The highest BCUT2D eigenvalue weighted by atomic mass is 35.5. The lowest BCUT2D eigenvalue weighted by Crippen LogP contribution is -2.20. The first-order valence-electron chi connectivity index (χ1n) is 9.08. The predicted octanol–water partition coefficient (Wildman–Crippen LogP) is 5.57. The number of hydrogen-bond donors (Lipinski definition) is 2. The highest BCUT2D eigenvalue weighted by molar-refractivity contribution is 6.42. The zero-order chi connectivity index (χ0) is 23.1. The van der Waals surface area contributed by atoms with Crippen molar-refractivity contribution in [2.45, 2.75) is 0 Å². The molecule has 0 heterocycles. The van der Waals surface area contributed by atoms with Gasteiger partial charge in [-0.2, -0.15) is 5.10 Å². The third kappa shape index (κ3) is 6.43. The largest absolute Gasteiger partial charge is 0.482 e. The van der Waals surface area contributed by atoms with Crippen LogP contribution in [-0.4, -0.2) is 24.6 Å². The van der Waals surface area contributed by atoms with E-state index in [1.165, 1.54) is 42.6 Å². The fourth-order valence-corrected chi connectivity index (χ4v) is 3.02. The summed E-state index contributed by atoms with van der Waals surface area (Å²) in [5.41, 5.74) is 3.30. The number of amides is 2. The van der Waals surface area contributed by atoms with E-state index in [9.17, 15) is 14.0 Å². The number of hydrazone groups is 1. The van der Waals surface area contributed by atoms with E-state index >= 15 is 0 Å². The third-order valence-electron chi connectivity index (χ3n) is 4.02. The van der Waals surface area contributed by atoms with Crippen molar-refractivity contribution >= 4 is 58.5 Å². The highest BCUT2D eigenvalue weighted by Gasteiger charge is 2.10. The van der Waals surface area contributed by atoms with Crippen LogP contribution in [0.15, 0.2) is 65.8 Å². The number of nitrogens with zero attached hydrogens (tertiary/aromatic N) is 1. The van der Waals surface area contributed by atoms with Gasteiger partial charge in [0.1, 0.15) is 11.6 Å². The van der Waals surface area contributed by atoms with Crippen molar-refractivity contribution in [2.75, 3.05) is 11.9 Å². The van der Waals surface area contributed by atoms with Crippen LogP contribution in [-0.2, 0) is 4.79 Å². The fraction of sp³-hybridized carbons (Fsp3) is 0.0455. The Labute approximate surface area is 197 Å². The number of rotatable bonds is 7. The number of benzene rings is 3. The van der Waals surface area contributed by atoms with Crippen molar-refractivity contribution in [3.8, 4) is 5.75 Å². The minimum atomic E-state index is -0.547. The number of carbonyl (C=O) groups is 2. The Hall–Kier alpha value is -3.13. The zero-order valence-corrected chi connectivity index (χ0v) is 18.5. The van der Waals surface area contributed by atoms with Gasteiger partial charge in [-0.3, -0.25) is 9.59 Å². The van der Waals surface area contributed by atoms with Gasteiger partial charge >= 0.3 is 0 Å². The minimum Gasteiger partial charge on any atom is -0.482 e. The molecule has 6 nitrogen and oxygen atoms in total. The standard InChI is InChI=1S/C22H15Cl3FN3O3/c23-15-7-6-14(10-16(15)24)22(31)29-27-11-13-5-8-20(17(25)9-13)32-12-21(30)28-19-4-2-1-3-18(19)26/h1-11H,12H2,(H,28,30)(H,29,31)/b27-11-. The van der Waals surface area contributed by atoms with E-state index in [1.807, 2.05) is 0 Å². The summed E-state index contributed by atoms with van der Waals surface area (Å²) in [5.74, 6) is -1.30. The number of hydrogen-bond acceptors (Lipinski definition) is 4. The summed E-state index contributed by atoms with van der Waals surface area (Å²) < 4.78 is 19.0. The van der Waals surface area contributed by atoms with Crippen LogP contribution in [0.1, 0.15) is 15.9 Å². The highest BCUT2D eigenvalue weighted by Crippen LogP contribution is 2.25. The summed E-state index contributed by atoms with van der Waals surface area (Å²) in [6.45, 7) is -0.360. The Morgan fingerprint density at radius 3 is 2.47 bits per heavy atom. The molecule has 0 aliphatic heterocycles. The molecular weight excluding hydrogens is 480 g/mol. The van der Waals surface area contributed by atoms with Crippen molar-refractivity contribution in [1.29, 1.82) is 0 Å². The molecular formula is C22H15Cl3FN3O3. The smallest absolute Gasteiger partial charge is 0.271 e. The zero-order valence-electron chi connectivity index (χ0n) is 16.2. The van der Waals surface area contributed by atoms with E-state index in [-0.39, 0.29) is 28.1 Å². The van der Waals surface area contributed by atoms with Gasteiger partial charge in [0.25, 0.3) is 11.8 Å². The van der Waals surface area contributed by atoms with Gasteiger partial charge in [-0.25, -0.2) is 9.82 Å². The first kappa shape index (κ1) is 23.5. The second-order valence-corrected chi connectivity index (χ2v) is 7.56. The third-order valence-corrected chi connectivity index (χ3v) is 5.06. The monoisotopic (exact) mass is 493 g/mol. The van der Waals surface area contributed by atoms with Gasteiger partial charge in [0.2, 0.25) is 0 Å². The molecule has 32 heavy (non-hydrogen) atoms. The van der Waals surface area contributed by atoms with Crippen molar-refractivity contribution < 1.29 is 18.7 Å². The summed E-state index contributed by atoms with van der Waals surface area (Å²) in [5, 5.41) is 7.11. The number of halogens is 4. The average Bonchev–Trinajstić information content (AvgIpc) is 2.76. The number of para-hydroxylation sites is 1. The number of carbonyl (C=O) groups excluding carboxylic acids is 2. The van der Waals surface area contributed by atoms with E-state index in [1.54, 1.807) is 24.3 Å². The van der Waals surface area contributed by atoms with Crippen LogP contribution < -0.4 is 15.5 Å². The lowest BCUT2D eigenvalue weighted by Gasteiger charge is -2.09. The van der Waals surface area contributed by atoms with Crippen LogP contribution in [0, 0.1) is 5.82 Å². The summed E-state index contributed by atoms with van der Waals surface area (Å²) in [7, 11) is 0. The maximum Gasteiger partial charge on any atom is 0.271 e. The second kappa shape index (κ2) is 10.9. The van der Waals surface area contributed by atoms with Crippen molar-refractivity contribution in [3.05, 3.63) is 92.7 Å². The molecule has 10 heteroatoms. The van der Waals surface area contributed by atoms with Crippen LogP contribution in [0.5, 0.6) is 5.75 Å². The Morgan fingerprint density at radius 1 is 0.969 bits per heavy atom. The molecule has 3 aromatic carbocycles. The average molecular weight is 495 g/mol. The Balaban J connectivity index is 1.54. The van der Waals surface area contributed by atoms with Gasteiger partial charge in [0, 0.05) is 5.56 Å². The molecule has 0 aliphatic carbocycles. The SMILES string of the molecule is O=C(COc1ccc(/C=N\NC(=O)c2ccc(Cl)c(Cl)c2)cc1Cl)Nc1ccccc1F. The lowest BCUT2D eigenvalue weighted by atomic mass is 10.2. The van der Waals surface area contributed by atoms with Gasteiger partial charge in [-0.05, 0) is 54.1 Å². The van der Waals surface area contributed by atoms with E-state index < -0.39 is 17.6 Å². The molecule has 0 unspecified atom stereocenters. The van der Waals surface area contributed by atoms with Crippen molar-refractivity contribution in [1.82, 2.24) is 5.43 Å². The molecule has 0 atom stereocenters. The molecule has 0 saturated carbocycles. The summed E-state index contributed by atoms with van der Waals surface area (Å²) in [6, 6.07) is 15.0. The van der Waals surface area contributed by atoms with E-state index in [0.29, 0.717) is 16.1 Å². The molecule has 0 radical (unpaired) electrons. The molecule has 0 aliphatic rings. The molecule has 0 aromatic heterocycles. The van der Waals surface area contributed by atoms with E-state index in [4.69, 9.17) is 39.5 Å². The maximum absolute atomic E-state index is 13.6. The van der Waals surface area contributed by atoms with Crippen LogP contribution >= 0.6 is 34.8 Å². The first-order chi connectivity index (χ1) is 15.3. The van der Waals surface area contributed by atoms with Gasteiger partial charge in [-0.1, -0.05) is 46.9 Å². The minimum absolute atomic E-state index is 0.0571. The lowest BCUT2D eigenvalue weighted by molar-refractivity contribution is -0.118. The van der Waals surface area contributed by atoms with Gasteiger partial charge < -0.3 is 10.1 Å². The maximum atomic E-state index is 13.6. The Bertz CT molecular complexity index is 1190. The molecule has 3 aromatic rings. The number of anilines is 1. The van der Waals surface area contributed by atoms with Gasteiger partial charge in [-0.15, -0.1) is 0 Å². The topological polar surface area (TPSA) is 79.8 Å². The molecule has 0 saturated heterocycles. The number of nitrogens with one attached hydrogen (secondary N) is 2. The summed E-state index contributed by atoms with van der Waals surface area (Å²) >= 11 is 17.9. The van der Waals surface area contributed by atoms with Crippen molar-refractivity contribution in [2.24, 2.45) is 5.10 Å². The first-order valence-corrected chi connectivity index (χ1v) is 10.2. The van der Waals surface area contributed by atoms with Gasteiger partial charge in [0.15, 0.2) is 6.61 Å². The molecule has 0 bridgehead atoms. The predicted molar refractivity (Wildman–Crippen MR) is 123 cm³/mol. The number of ether oxygens (including phenoxy) is 1. The van der Waals surface area contributed by atoms with Gasteiger partial charge in [0.05, 0.1) is 27.0 Å². The molecule has 3 rings (SSSR count). The molecule has 0 spiro atoms. The van der Waals surface area contributed by atoms with Crippen LogP contribution in [0.4, 0.5) is 10.1 Å². The Morgan fingerprint density at radius 2 is 1.75 bits per heavy atom. The molecule has 164 valence electrons. The molecule has 2 N–H and O–H groups in total. The Kier molecular flexibility index (Phi) is 8.05.